The van der Waals surface area contributed by atoms with Crippen LogP contribution < -0.4 is 5.32 Å². The van der Waals surface area contributed by atoms with Crippen molar-refractivity contribution in [3.63, 3.8) is 0 Å². The lowest BCUT2D eigenvalue weighted by atomic mass is 9.87. The Morgan fingerprint density at radius 2 is 2.12 bits per heavy atom. The first kappa shape index (κ1) is 14.2. The zero-order valence-corrected chi connectivity index (χ0v) is 10.9. The number of hydrogen-bond acceptors (Lipinski definition) is 3. The molecule has 0 aromatic rings. The minimum atomic E-state index is -0.748. The van der Waals surface area contributed by atoms with Crippen LogP contribution in [0.15, 0.2) is 12.7 Å². The van der Waals surface area contributed by atoms with Gasteiger partial charge in [-0.05, 0) is 18.8 Å². The molecule has 98 valence electrons. The number of likely N-dealkylation sites (tertiary alicyclic amines) is 1. The van der Waals surface area contributed by atoms with Gasteiger partial charge in [0.05, 0.1) is 0 Å². The molecule has 0 aliphatic carbocycles. The smallest absolute Gasteiger partial charge is 0.324 e. The monoisotopic (exact) mass is 240 g/mol. The van der Waals surface area contributed by atoms with Crippen LogP contribution in [0.5, 0.6) is 0 Å². The molecule has 1 heterocycles. The number of hydrogen-bond donors (Lipinski definition) is 2. The van der Waals surface area contributed by atoms with Crippen LogP contribution in [-0.2, 0) is 4.79 Å². The second-order valence-electron chi connectivity index (χ2n) is 5.25. The third kappa shape index (κ3) is 3.82. The van der Waals surface area contributed by atoms with Crippen LogP contribution in [0.25, 0.3) is 0 Å². The Labute approximate surface area is 104 Å². The van der Waals surface area contributed by atoms with Gasteiger partial charge >= 0.3 is 5.97 Å². The van der Waals surface area contributed by atoms with Crippen LogP contribution in [-0.4, -0.2) is 47.7 Å². The molecule has 17 heavy (non-hydrogen) atoms. The van der Waals surface area contributed by atoms with Crippen molar-refractivity contribution in [2.45, 2.75) is 32.2 Å². The molecule has 1 aliphatic rings. The zero-order chi connectivity index (χ0) is 12.9. The lowest BCUT2D eigenvalue weighted by Crippen LogP contribution is -2.58. The maximum Gasteiger partial charge on any atom is 0.324 e. The number of piperidine rings is 1. The van der Waals surface area contributed by atoms with E-state index in [1.165, 1.54) is 0 Å². The first-order chi connectivity index (χ1) is 8.00. The van der Waals surface area contributed by atoms with Gasteiger partial charge in [-0.3, -0.25) is 10.1 Å². The van der Waals surface area contributed by atoms with E-state index < -0.39 is 11.5 Å². The molecule has 0 saturated carbocycles. The molecule has 4 nitrogen and oxygen atoms in total. The molecule has 0 spiro atoms. The summed E-state index contributed by atoms with van der Waals surface area (Å²) in [6.07, 6.45) is 3.05. The third-order valence-electron chi connectivity index (χ3n) is 3.33. The molecule has 0 unspecified atom stereocenters. The fraction of sp³-hybridized carbons (Fsp3) is 0.769. The van der Waals surface area contributed by atoms with Crippen molar-refractivity contribution in [3.05, 3.63) is 12.7 Å². The van der Waals surface area contributed by atoms with Crippen LogP contribution in [0.3, 0.4) is 0 Å². The third-order valence-corrected chi connectivity index (χ3v) is 3.33. The summed E-state index contributed by atoms with van der Waals surface area (Å²) < 4.78 is 0. The average Bonchev–Trinajstić information content (AvgIpc) is 2.27. The van der Waals surface area contributed by atoms with Crippen LogP contribution in [0.2, 0.25) is 0 Å². The standard InChI is InChI=1S/C13H24N2O2/c1-4-7-14-13(12(16)17)5-8-15(9-6-13)10-11(2)3/h4,11,14H,1,5-10H2,2-3H3,(H,16,17). The molecule has 2 N–H and O–H groups in total. The largest absolute Gasteiger partial charge is 0.480 e. The summed E-state index contributed by atoms with van der Waals surface area (Å²) in [6.45, 7) is 11.3. The summed E-state index contributed by atoms with van der Waals surface area (Å²) in [6, 6.07) is 0. The van der Waals surface area contributed by atoms with Gasteiger partial charge in [0.25, 0.3) is 0 Å². The minimum absolute atomic E-state index is 0.552. The fourth-order valence-electron chi connectivity index (χ4n) is 2.37. The predicted molar refractivity (Wildman–Crippen MR) is 69.1 cm³/mol. The van der Waals surface area contributed by atoms with E-state index in [4.69, 9.17) is 0 Å². The second-order valence-corrected chi connectivity index (χ2v) is 5.25. The minimum Gasteiger partial charge on any atom is -0.480 e. The van der Waals surface area contributed by atoms with Crippen molar-refractivity contribution in [1.29, 1.82) is 0 Å². The van der Waals surface area contributed by atoms with Crippen LogP contribution in [0, 0.1) is 5.92 Å². The van der Waals surface area contributed by atoms with Crippen LogP contribution >= 0.6 is 0 Å². The van der Waals surface area contributed by atoms with Gasteiger partial charge in [-0.25, -0.2) is 0 Å². The van der Waals surface area contributed by atoms with Gasteiger partial charge in [0.1, 0.15) is 5.54 Å². The van der Waals surface area contributed by atoms with Gasteiger partial charge in [0.15, 0.2) is 0 Å². The predicted octanol–water partition coefficient (Wildman–Crippen LogP) is 1.34. The summed E-state index contributed by atoms with van der Waals surface area (Å²) in [7, 11) is 0. The van der Waals surface area contributed by atoms with Gasteiger partial charge in [-0.1, -0.05) is 19.9 Å². The first-order valence-electron chi connectivity index (χ1n) is 6.32. The van der Waals surface area contributed by atoms with Gasteiger partial charge in [-0.15, -0.1) is 6.58 Å². The van der Waals surface area contributed by atoms with Crippen molar-refractivity contribution in [1.82, 2.24) is 10.2 Å². The fourth-order valence-corrected chi connectivity index (χ4v) is 2.37. The van der Waals surface area contributed by atoms with Crippen LogP contribution in [0.1, 0.15) is 26.7 Å². The van der Waals surface area contributed by atoms with E-state index in [1.807, 2.05) is 0 Å². The molecule has 4 heteroatoms. The van der Waals surface area contributed by atoms with Crippen molar-refractivity contribution < 1.29 is 9.90 Å². The maximum atomic E-state index is 11.4. The Kier molecular flexibility index (Phi) is 5.15. The van der Waals surface area contributed by atoms with E-state index in [0.717, 1.165) is 19.6 Å². The average molecular weight is 240 g/mol. The highest BCUT2D eigenvalue weighted by molar-refractivity contribution is 5.79. The Hall–Kier alpha value is -0.870. The molecule has 1 rings (SSSR count). The summed E-state index contributed by atoms with van der Waals surface area (Å²) in [5.41, 5.74) is -0.748. The molecule has 1 fully saturated rings. The summed E-state index contributed by atoms with van der Waals surface area (Å²) in [5.74, 6) is -0.1000. The Balaban J connectivity index is 2.54. The molecular formula is C13H24N2O2. The van der Waals surface area contributed by atoms with E-state index in [9.17, 15) is 9.90 Å². The Morgan fingerprint density at radius 3 is 2.53 bits per heavy atom. The highest BCUT2D eigenvalue weighted by atomic mass is 16.4. The van der Waals surface area contributed by atoms with Gasteiger partial charge in [-0.2, -0.15) is 0 Å². The SMILES string of the molecule is C=CCNC1(C(=O)O)CCN(CC(C)C)CC1. The van der Waals surface area contributed by atoms with Gasteiger partial charge < -0.3 is 10.0 Å². The van der Waals surface area contributed by atoms with E-state index >= 15 is 0 Å². The van der Waals surface area contributed by atoms with E-state index in [0.29, 0.717) is 25.3 Å². The van der Waals surface area contributed by atoms with E-state index in [2.05, 4.69) is 30.6 Å². The second kappa shape index (κ2) is 6.17. The zero-order valence-electron chi connectivity index (χ0n) is 10.9. The van der Waals surface area contributed by atoms with E-state index in [1.54, 1.807) is 6.08 Å². The maximum absolute atomic E-state index is 11.4. The quantitative estimate of drug-likeness (QED) is 0.688. The molecule has 0 bridgehead atoms. The number of nitrogens with one attached hydrogen (secondary N) is 1. The topological polar surface area (TPSA) is 52.6 Å². The molecule has 0 aromatic heterocycles. The highest BCUT2D eigenvalue weighted by Gasteiger charge is 2.40. The molecule has 0 atom stereocenters. The van der Waals surface area contributed by atoms with Gasteiger partial charge in [0, 0.05) is 26.2 Å². The molecular weight excluding hydrogens is 216 g/mol. The summed E-state index contributed by atoms with van der Waals surface area (Å²) >= 11 is 0. The number of carboxylic acid groups (broad SMARTS) is 1. The van der Waals surface area contributed by atoms with Crippen molar-refractivity contribution >= 4 is 5.97 Å². The molecule has 0 radical (unpaired) electrons. The molecule has 1 aliphatic heterocycles. The molecule has 0 aromatic carbocycles. The molecule has 0 amide bonds. The van der Waals surface area contributed by atoms with Crippen LogP contribution in [0.4, 0.5) is 0 Å². The highest BCUT2D eigenvalue weighted by Crippen LogP contribution is 2.23. The number of rotatable bonds is 6. The van der Waals surface area contributed by atoms with Crippen molar-refractivity contribution in [2.75, 3.05) is 26.2 Å². The normalized spacial score (nSPS) is 20.4. The lowest BCUT2D eigenvalue weighted by Gasteiger charge is -2.39. The first-order valence-corrected chi connectivity index (χ1v) is 6.32. The Bertz CT molecular complexity index is 269. The number of carboxylic acids is 1. The Morgan fingerprint density at radius 1 is 1.53 bits per heavy atom. The lowest BCUT2D eigenvalue weighted by molar-refractivity contribution is -0.147. The van der Waals surface area contributed by atoms with E-state index in [-0.39, 0.29) is 0 Å². The number of carbonyl (C=O) groups is 1. The molecule has 1 saturated heterocycles. The summed E-state index contributed by atoms with van der Waals surface area (Å²) in [5, 5.41) is 12.5. The van der Waals surface area contributed by atoms with Crippen molar-refractivity contribution in [2.24, 2.45) is 5.92 Å². The number of nitrogens with zero attached hydrogens (tertiary/aromatic N) is 1. The number of aliphatic carboxylic acids is 1. The van der Waals surface area contributed by atoms with Crippen molar-refractivity contribution in [3.8, 4) is 0 Å². The summed E-state index contributed by atoms with van der Waals surface area (Å²) in [4.78, 5) is 13.7. The van der Waals surface area contributed by atoms with Gasteiger partial charge in [0.2, 0.25) is 0 Å².